The Morgan fingerprint density at radius 1 is 1.25 bits per heavy atom. The maximum Gasteiger partial charge on any atom is 0.433 e. The van der Waals surface area contributed by atoms with Crippen LogP contribution in [0.15, 0.2) is 18.3 Å². The van der Waals surface area contributed by atoms with E-state index in [9.17, 15) is 13.2 Å². The van der Waals surface area contributed by atoms with Crippen molar-refractivity contribution in [1.29, 1.82) is 0 Å². The van der Waals surface area contributed by atoms with Crippen LogP contribution < -0.4 is 0 Å². The van der Waals surface area contributed by atoms with Gasteiger partial charge in [-0.1, -0.05) is 32.8 Å². The van der Waals surface area contributed by atoms with Gasteiger partial charge in [0.05, 0.1) is 0 Å². The van der Waals surface area contributed by atoms with Gasteiger partial charge in [-0.25, -0.2) is 0 Å². The molecule has 0 aliphatic carbocycles. The van der Waals surface area contributed by atoms with E-state index in [1.165, 1.54) is 12.3 Å². The largest absolute Gasteiger partial charge is 0.433 e. The summed E-state index contributed by atoms with van der Waals surface area (Å²) in [6.07, 6.45) is -0.914. The van der Waals surface area contributed by atoms with Crippen LogP contribution in [0.4, 0.5) is 13.2 Å². The molecule has 16 heavy (non-hydrogen) atoms. The Bertz CT molecular complexity index is 329. The predicted molar refractivity (Wildman–Crippen MR) is 57.0 cm³/mol. The number of alkyl halides is 3. The van der Waals surface area contributed by atoms with Crippen molar-refractivity contribution < 1.29 is 13.2 Å². The van der Waals surface area contributed by atoms with Crippen LogP contribution in [0.25, 0.3) is 0 Å². The van der Waals surface area contributed by atoms with Crippen LogP contribution in [0.5, 0.6) is 0 Å². The molecule has 0 aromatic carbocycles. The summed E-state index contributed by atoms with van der Waals surface area (Å²) < 4.78 is 37.9. The fraction of sp³-hybridized carbons (Fsp3) is 0.583. The number of nitrogens with zero attached hydrogens (tertiary/aromatic N) is 1. The third kappa shape index (κ3) is 3.22. The summed E-state index contributed by atoms with van der Waals surface area (Å²) in [5.41, 5.74) is -0.425. The summed E-state index contributed by atoms with van der Waals surface area (Å²) in [4.78, 5) is 3.45. The first-order valence-electron chi connectivity index (χ1n) is 5.50. The molecule has 0 aliphatic heterocycles. The Morgan fingerprint density at radius 3 is 2.38 bits per heavy atom. The molecule has 0 amide bonds. The Balaban J connectivity index is 2.95. The average Bonchev–Trinajstić information content (AvgIpc) is 2.25. The molecule has 1 aromatic rings. The molecule has 0 saturated heterocycles. The van der Waals surface area contributed by atoms with Crippen molar-refractivity contribution in [3.8, 4) is 0 Å². The minimum atomic E-state index is -4.34. The molecule has 0 aliphatic rings. The number of halogens is 3. The molecule has 0 bridgehead atoms. The molecule has 1 aromatic heterocycles. The van der Waals surface area contributed by atoms with Crippen LogP contribution in [0.2, 0.25) is 0 Å². The minimum absolute atomic E-state index is 0.297. The third-order valence-electron chi connectivity index (χ3n) is 2.82. The lowest BCUT2D eigenvalue weighted by Gasteiger charge is -2.16. The lowest BCUT2D eigenvalue weighted by atomic mass is 9.94. The van der Waals surface area contributed by atoms with Crippen molar-refractivity contribution >= 4 is 0 Å². The summed E-state index contributed by atoms with van der Waals surface area (Å²) in [7, 11) is 0. The first-order chi connectivity index (χ1) is 7.49. The fourth-order valence-corrected chi connectivity index (χ4v) is 1.75. The number of aromatic nitrogens is 1. The second kappa shape index (κ2) is 5.32. The Morgan fingerprint density at radius 2 is 1.88 bits per heavy atom. The van der Waals surface area contributed by atoms with Crippen LogP contribution >= 0.6 is 0 Å². The van der Waals surface area contributed by atoms with E-state index in [0.29, 0.717) is 17.9 Å². The second-order valence-electron chi connectivity index (χ2n) is 3.90. The fourth-order valence-electron chi connectivity index (χ4n) is 1.75. The van der Waals surface area contributed by atoms with Crippen molar-refractivity contribution in [1.82, 2.24) is 4.98 Å². The van der Waals surface area contributed by atoms with Gasteiger partial charge in [-0.05, 0) is 24.0 Å². The molecule has 1 nitrogen and oxygen atoms in total. The lowest BCUT2D eigenvalue weighted by Crippen LogP contribution is -2.14. The number of pyridine rings is 1. The summed E-state index contributed by atoms with van der Waals surface area (Å²) in [6.45, 7) is 4.00. The van der Waals surface area contributed by atoms with E-state index in [4.69, 9.17) is 0 Å². The summed E-state index contributed by atoms with van der Waals surface area (Å²) in [6, 6.07) is 3.08. The molecule has 0 spiro atoms. The van der Waals surface area contributed by atoms with E-state index >= 15 is 0 Å². The van der Waals surface area contributed by atoms with Gasteiger partial charge >= 0.3 is 6.18 Å². The maximum absolute atomic E-state index is 12.6. The number of hydrogen-bond donors (Lipinski definition) is 0. The second-order valence-corrected chi connectivity index (χ2v) is 3.90. The molecule has 0 fully saturated rings. The summed E-state index contributed by atoms with van der Waals surface area (Å²) >= 11 is 0. The van der Waals surface area contributed by atoms with Gasteiger partial charge in [0.2, 0.25) is 0 Å². The quantitative estimate of drug-likeness (QED) is 0.760. The molecular formula is C12H16F3N. The van der Waals surface area contributed by atoms with E-state index in [0.717, 1.165) is 12.8 Å². The first kappa shape index (κ1) is 13.0. The van der Waals surface area contributed by atoms with Gasteiger partial charge in [0.1, 0.15) is 5.69 Å². The van der Waals surface area contributed by atoms with Gasteiger partial charge in [0.25, 0.3) is 0 Å². The molecule has 0 N–H and O–H groups in total. The average molecular weight is 231 g/mol. The summed E-state index contributed by atoms with van der Waals surface area (Å²) in [5.74, 6) is 0.297. The van der Waals surface area contributed by atoms with Crippen molar-refractivity contribution in [3.63, 3.8) is 0 Å². The van der Waals surface area contributed by atoms with E-state index in [1.54, 1.807) is 6.07 Å². The van der Waals surface area contributed by atoms with Gasteiger partial charge in [-0.3, -0.25) is 4.98 Å². The highest BCUT2D eigenvalue weighted by Crippen LogP contribution is 2.31. The highest BCUT2D eigenvalue weighted by Gasteiger charge is 2.35. The number of rotatable bonds is 4. The molecule has 4 heteroatoms. The van der Waals surface area contributed by atoms with Crippen LogP contribution in [-0.2, 0) is 12.6 Å². The van der Waals surface area contributed by atoms with Gasteiger partial charge in [-0.15, -0.1) is 0 Å². The SMILES string of the molecule is CCC(CC)Cc1cccnc1C(F)(F)F. The zero-order valence-corrected chi connectivity index (χ0v) is 9.51. The highest BCUT2D eigenvalue weighted by molar-refractivity contribution is 5.22. The number of hydrogen-bond acceptors (Lipinski definition) is 1. The van der Waals surface area contributed by atoms with Crippen molar-refractivity contribution in [3.05, 3.63) is 29.6 Å². The van der Waals surface area contributed by atoms with E-state index < -0.39 is 11.9 Å². The van der Waals surface area contributed by atoms with Gasteiger partial charge in [-0.2, -0.15) is 13.2 Å². The Labute approximate surface area is 93.7 Å². The third-order valence-corrected chi connectivity index (χ3v) is 2.82. The predicted octanol–water partition coefficient (Wildman–Crippen LogP) is 4.08. The molecule has 1 heterocycles. The first-order valence-corrected chi connectivity index (χ1v) is 5.50. The highest BCUT2D eigenvalue weighted by atomic mass is 19.4. The van der Waals surface area contributed by atoms with Crippen LogP contribution in [-0.4, -0.2) is 4.98 Å². The monoisotopic (exact) mass is 231 g/mol. The normalized spacial score (nSPS) is 12.1. The van der Waals surface area contributed by atoms with Crippen molar-refractivity contribution in [2.45, 2.75) is 39.3 Å². The molecule has 0 atom stereocenters. The van der Waals surface area contributed by atoms with Gasteiger partial charge in [0.15, 0.2) is 0 Å². The molecule has 90 valence electrons. The zero-order valence-electron chi connectivity index (χ0n) is 9.51. The standard InChI is InChI=1S/C12H16F3N/c1-3-9(4-2)8-10-6-5-7-16-11(10)12(13,14)15/h5-7,9H,3-4,8H2,1-2H3. The van der Waals surface area contributed by atoms with Crippen LogP contribution in [0.3, 0.4) is 0 Å². The minimum Gasteiger partial charge on any atom is -0.252 e. The van der Waals surface area contributed by atoms with Crippen molar-refractivity contribution in [2.75, 3.05) is 0 Å². The van der Waals surface area contributed by atoms with Crippen LogP contribution in [0.1, 0.15) is 37.9 Å². The molecular weight excluding hydrogens is 215 g/mol. The Kier molecular flexibility index (Phi) is 4.33. The summed E-state index contributed by atoms with van der Waals surface area (Å²) in [5, 5.41) is 0. The van der Waals surface area contributed by atoms with Gasteiger partial charge in [0, 0.05) is 6.20 Å². The molecule has 0 saturated carbocycles. The van der Waals surface area contributed by atoms with Crippen LogP contribution in [0, 0.1) is 5.92 Å². The van der Waals surface area contributed by atoms with E-state index in [-0.39, 0.29) is 0 Å². The van der Waals surface area contributed by atoms with E-state index in [1.807, 2.05) is 13.8 Å². The topological polar surface area (TPSA) is 12.9 Å². The molecule has 1 rings (SSSR count). The van der Waals surface area contributed by atoms with E-state index in [2.05, 4.69) is 4.98 Å². The molecule has 0 unspecified atom stereocenters. The molecule has 0 radical (unpaired) electrons. The maximum atomic E-state index is 12.6. The van der Waals surface area contributed by atoms with Crippen molar-refractivity contribution in [2.24, 2.45) is 5.92 Å². The lowest BCUT2D eigenvalue weighted by molar-refractivity contribution is -0.141. The zero-order chi connectivity index (χ0) is 12.2. The smallest absolute Gasteiger partial charge is 0.252 e. The van der Waals surface area contributed by atoms with Gasteiger partial charge < -0.3 is 0 Å². The Hall–Kier alpha value is -1.06.